The van der Waals surface area contributed by atoms with Gasteiger partial charge in [0, 0.05) is 44.4 Å². The Labute approximate surface area is 294 Å². The van der Waals surface area contributed by atoms with Crippen LogP contribution in [0, 0.1) is 0 Å². The fraction of sp³-hybridized carbons (Fsp3) is 0. The number of hydrogen-bond acceptors (Lipinski definition) is 4. The summed E-state index contributed by atoms with van der Waals surface area (Å²) in [5.41, 5.74) is 7.81. The number of fused-ring (bicyclic) bond motifs is 6. The number of para-hydroxylation sites is 2. The monoisotopic (exact) mass is 645 g/mol. The molecule has 50 heavy (non-hydrogen) atoms. The zero-order chi connectivity index (χ0) is 37.4. The molecule has 0 atom stereocenters. The molecule has 0 aliphatic carbocycles. The van der Waals surface area contributed by atoms with Crippen molar-refractivity contribution in [1.82, 2.24) is 19.5 Å². The summed E-state index contributed by atoms with van der Waals surface area (Å²) in [6.07, 6.45) is 0. The van der Waals surface area contributed by atoms with Gasteiger partial charge in [-0.05, 0) is 47.5 Å². The first kappa shape index (κ1) is 23.5. The number of rotatable bonds is 5. The molecule has 0 unspecified atom stereocenters. The van der Waals surface area contributed by atoms with Gasteiger partial charge >= 0.3 is 0 Å². The number of benzene rings is 7. The van der Waals surface area contributed by atoms with Crippen LogP contribution in [0.25, 0.3) is 94.7 Å². The Morgan fingerprint density at radius 3 is 1.96 bits per heavy atom. The summed E-state index contributed by atoms with van der Waals surface area (Å²) in [4.78, 5) is 14.3. The first-order valence-electron chi connectivity index (χ1n) is 18.8. The lowest BCUT2D eigenvalue weighted by Crippen LogP contribution is -2.00. The summed E-state index contributed by atoms with van der Waals surface area (Å²) >= 11 is 0. The van der Waals surface area contributed by atoms with Crippen LogP contribution < -0.4 is 0 Å². The van der Waals surface area contributed by atoms with E-state index in [2.05, 4.69) is 94.5 Å². The van der Waals surface area contributed by atoms with Crippen molar-refractivity contribution in [3.63, 3.8) is 0 Å². The number of aromatic nitrogens is 4. The van der Waals surface area contributed by atoms with Crippen molar-refractivity contribution in [2.45, 2.75) is 0 Å². The molecule has 0 aliphatic heterocycles. The minimum absolute atomic E-state index is 0.0296. The molecule has 0 radical (unpaired) electrons. The number of nitrogens with zero attached hydrogens (tertiary/aromatic N) is 4. The standard InChI is InChI=1S/C45H28N4O/c1-4-13-29(14-5-1)32-23-26-40-38(27-32)34-19-10-11-22-39(34)49(40)33-24-25-35-36-20-12-21-37(42(36)50-41(35)28-33)45-47-43(30-15-6-2-7-16-30)46-44(48-45)31-17-8-3-9-18-31/h1-28H/i2D,6D,7D,15D,16D. The van der Waals surface area contributed by atoms with Gasteiger partial charge in [0.15, 0.2) is 17.5 Å². The van der Waals surface area contributed by atoms with Crippen LogP contribution in [0.5, 0.6) is 0 Å². The smallest absolute Gasteiger partial charge is 0.167 e. The quantitative estimate of drug-likeness (QED) is 0.187. The third-order valence-corrected chi connectivity index (χ3v) is 9.15. The molecule has 0 amide bonds. The Kier molecular flexibility index (Phi) is 5.35. The van der Waals surface area contributed by atoms with E-state index in [1.165, 1.54) is 0 Å². The summed E-state index contributed by atoms with van der Waals surface area (Å²) in [6.45, 7) is 0. The van der Waals surface area contributed by atoms with Crippen LogP contribution in [-0.2, 0) is 0 Å². The predicted octanol–water partition coefficient (Wildman–Crippen LogP) is 11.5. The zero-order valence-corrected chi connectivity index (χ0v) is 26.5. The van der Waals surface area contributed by atoms with Crippen molar-refractivity contribution in [2.24, 2.45) is 0 Å². The Hall–Kier alpha value is -6.85. The van der Waals surface area contributed by atoms with Gasteiger partial charge in [0.2, 0.25) is 0 Å². The van der Waals surface area contributed by atoms with Gasteiger partial charge in [0.25, 0.3) is 0 Å². The molecule has 0 fully saturated rings. The van der Waals surface area contributed by atoms with Crippen LogP contribution in [0.3, 0.4) is 0 Å². The minimum atomic E-state index is -0.486. The highest BCUT2D eigenvalue weighted by atomic mass is 16.3. The molecule has 234 valence electrons. The Morgan fingerprint density at radius 2 is 1.14 bits per heavy atom. The molecule has 3 aromatic heterocycles. The zero-order valence-electron chi connectivity index (χ0n) is 31.5. The lowest BCUT2D eigenvalue weighted by Gasteiger charge is -2.08. The summed E-state index contributed by atoms with van der Waals surface area (Å²) in [5, 5.41) is 4.08. The number of hydrogen-bond donors (Lipinski definition) is 0. The Bertz CT molecular complexity index is 3130. The van der Waals surface area contributed by atoms with Gasteiger partial charge in [-0.15, -0.1) is 0 Å². The average Bonchev–Trinajstić information content (AvgIpc) is 3.78. The fourth-order valence-electron chi connectivity index (χ4n) is 6.85. The van der Waals surface area contributed by atoms with Crippen molar-refractivity contribution < 1.29 is 11.3 Å². The molecular formula is C45H28N4O. The second-order valence-electron chi connectivity index (χ2n) is 12.1. The molecule has 0 aliphatic rings. The van der Waals surface area contributed by atoms with E-state index < -0.39 is 30.2 Å². The Balaban J connectivity index is 1.16. The van der Waals surface area contributed by atoms with Crippen LogP contribution in [0.2, 0.25) is 0 Å². The van der Waals surface area contributed by atoms with Gasteiger partial charge in [0.05, 0.1) is 23.5 Å². The molecule has 3 heterocycles. The van der Waals surface area contributed by atoms with Crippen molar-refractivity contribution >= 4 is 43.7 Å². The van der Waals surface area contributed by atoms with Crippen LogP contribution in [0.1, 0.15) is 6.85 Å². The van der Waals surface area contributed by atoms with Crippen LogP contribution in [-0.4, -0.2) is 19.5 Å². The molecule has 0 spiro atoms. The lowest BCUT2D eigenvalue weighted by molar-refractivity contribution is 0.669. The summed E-state index contributed by atoms with van der Waals surface area (Å²) in [6, 6.07) is 44.5. The maximum atomic E-state index is 8.66. The maximum Gasteiger partial charge on any atom is 0.167 e. The van der Waals surface area contributed by atoms with E-state index in [1.54, 1.807) is 0 Å². The Morgan fingerprint density at radius 1 is 0.460 bits per heavy atom. The second-order valence-corrected chi connectivity index (χ2v) is 12.1. The van der Waals surface area contributed by atoms with Gasteiger partial charge in [-0.2, -0.15) is 0 Å². The molecule has 10 rings (SSSR count). The van der Waals surface area contributed by atoms with E-state index >= 15 is 0 Å². The van der Waals surface area contributed by atoms with Gasteiger partial charge < -0.3 is 8.98 Å². The number of furan rings is 1. The molecule has 10 aromatic rings. The van der Waals surface area contributed by atoms with Crippen LogP contribution in [0.4, 0.5) is 0 Å². The molecule has 5 heteroatoms. The van der Waals surface area contributed by atoms with Gasteiger partial charge in [0.1, 0.15) is 11.2 Å². The van der Waals surface area contributed by atoms with Crippen molar-refractivity contribution in [3.05, 3.63) is 170 Å². The van der Waals surface area contributed by atoms with Gasteiger partial charge in [-0.25, -0.2) is 15.0 Å². The predicted molar refractivity (Wildman–Crippen MR) is 203 cm³/mol. The molecule has 0 bridgehead atoms. The highest BCUT2D eigenvalue weighted by molar-refractivity contribution is 6.12. The molecule has 0 N–H and O–H groups in total. The third-order valence-electron chi connectivity index (χ3n) is 9.15. The van der Waals surface area contributed by atoms with E-state index in [1.807, 2.05) is 54.6 Å². The van der Waals surface area contributed by atoms with Crippen molar-refractivity contribution in [1.29, 1.82) is 0 Å². The normalized spacial score (nSPS) is 13.0. The van der Waals surface area contributed by atoms with Crippen molar-refractivity contribution in [3.8, 4) is 51.0 Å². The molecule has 7 aromatic carbocycles. The average molecular weight is 646 g/mol. The fourth-order valence-corrected chi connectivity index (χ4v) is 6.85. The van der Waals surface area contributed by atoms with Crippen LogP contribution in [0.15, 0.2) is 174 Å². The summed E-state index contributed by atoms with van der Waals surface area (Å²) in [5.74, 6) is 0.514. The van der Waals surface area contributed by atoms with E-state index in [-0.39, 0.29) is 17.2 Å². The topological polar surface area (TPSA) is 56.7 Å². The van der Waals surface area contributed by atoms with E-state index in [9.17, 15) is 0 Å². The maximum absolute atomic E-state index is 8.66. The minimum Gasteiger partial charge on any atom is -0.455 e. The molecule has 0 saturated carbocycles. The van der Waals surface area contributed by atoms with Crippen LogP contribution >= 0.6 is 0 Å². The summed E-state index contributed by atoms with van der Waals surface area (Å²) in [7, 11) is 0. The van der Waals surface area contributed by atoms with E-state index in [4.69, 9.17) is 21.2 Å². The van der Waals surface area contributed by atoms with Crippen molar-refractivity contribution in [2.75, 3.05) is 0 Å². The second kappa shape index (κ2) is 11.4. The lowest BCUT2D eigenvalue weighted by atomic mass is 10.0. The van der Waals surface area contributed by atoms with Gasteiger partial charge in [-0.1, -0.05) is 127 Å². The molecule has 5 nitrogen and oxygen atoms in total. The largest absolute Gasteiger partial charge is 0.455 e. The SMILES string of the molecule is [2H]c1c([2H])c([2H])c(-c2nc(-c3ccccc3)nc(-c3cccc4c3oc3cc(-n5c6ccccc6c6cc(-c7ccccc7)ccc65)ccc34)n2)c([2H])c1[2H]. The summed E-state index contributed by atoms with van der Waals surface area (Å²) < 4.78 is 51.0. The highest BCUT2D eigenvalue weighted by Gasteiger charge is 2.19. The first-order chi connectivity index (χ1) is 26.9. The highest BCUT2D eigenvalue weighted by Crippen LogP contribution is 2.39. The third kappa shape index (κ3) is 4.60. The van der Waals surface area contributed by atoms with Gasteiger partial charge in [-0.3, -0.25) is 0 Å². The van der Waals surface area contributed by atoms with E-state index in [0.29, 0.717) is 28.1 Å². The molecular weight excluding hydrogens is 613 g/mol. The van der Waals surface area contributed by atoms with E-state index in [0.717, 1.165) is 49.4 Å². The first-order valence-corrected chi connectivity index (χ1v) is 16.3. The molecule has 0 saturated heterocycles.